The fourth-order valence-electron chi connectivity index (χ4n) is 2.85. The minimum atomic E-state index is -0.654. The third-order valence-corrected chi connectivity index (χ3v) is 4.32. The van der Waals surface area contributed by atoms with E-state index in [4.69, 9.17) is 4.42 Å². The summed E-state index contributed by atoms with van der Waals surface area (Å²) in [6.07, 6.45) is 4.02. The van der Waals surface area contributed by atoms with E-state index >= 15 is 0 Å². The molecule has 1 aromatic heterocycles. The van der Waals surface area contributed by atoms with Crippen LogP contribution in [0, 0.1) is 0 Å². The molecule has 0 aliphatic heterocycles. The van der Waals surface area contributed by atoms with Crippen molar-refractivity contribution in [1.29, 1.82) is 0 Å². The van der Waals surface area contributed by atoms with Crippen LogP contribution in [-0.2, 0) is 0 Å². The molecule has 1 amide bonds. The fourth-order valence-corrected chi connectivity index (χ4v) is 2.85. The molecule has 0 unspecified atom stereocenters. The molecule has 0 saturated carbocycles. The molecule has 28 heavy (non-hydrogen) atoms. The minimum Gasteiger partial charge on any atom is -0.422 e. The van der Waals surface area contributed by atoms with E-state index in [0.717, 1.165) is 11.1 Å². The van der Waals surface area contributed by atoms with Crippen LogP contribution in [0.5, 0.6) is 0 Å². The number of para-hydroxylation sites is 1. The predicted molar refractivity (Wildman–Crippen MR) is 112 cm³/mol. The van der Waals surface area contributed by atoms with Crippen LogP contribution < -0.4 is 10.9 Å². The van der Waals surface area contributed by atoms with Gasteiger partial charge >= 0.3 is 5.63 Å². The van der Waals surface area contributed by atoms with Crippen molar-refractivity contribution in [2.75, 3.05) is 5.32 Å². The highest BCUT2D eigenvalue weighted by Gasteiger charge is 2.13. The first-order valence-corrected chi connectivity index (χ1v) is 8.86. The second-order valence-electron chi connectivity index (χ2n) is 6.31. The first-order chi connectivity index (χ1) is 13.7. The van der Waals surface area contributed by atoms with Crippen molar-refractivity contribution in [2.45, 2.75) is 0 Å². The Balaban J connectivity index is 1.50. The molecule has 1 heterocycles. The topological polar surface area (TPSA) is 59.3 Å². The number of hydrogen-bond acceptors (Lipinski definition) is 3. The zero-order valence-corrected chi connectivity index (χ0v) is 15.0. The lowest BCUT2D eigenvalue weighted by Crippen LogP contribution is -2.20. The predicted octanol–water partition coefficient (Wildman–Crippen LogP) is 5.22. The molecule has 0 aliphatic rings. The third-order valence-electron chi connectivity index (χ3n) is 4.32. The Morgan fingerprint density at radius 3 is 2.18 bits per heavy atom. The highest BCUT2D eigenvalue weighted by molar-refractivity contribution is 6.05. The number of carbonyl (C=O) groups excluding carboxylic acids is 1. The van der Waals surface area contributed by atoms with Crippen LogP contribution in [0.4, 0.5) is 5.69 Å². The summed E-state index contributed by atoms with van der Waals surface area (Å²) in [5.41, 5.74) is 2.51. The van der Waals surface area contributed by atoms with Crippen molar-refractivity contribution in [3.8, 4) is 0 Å². The average Bonchev–Trinajstić information content (AvgIpc) is 2.73. The molecule has 1 N–H and O–H groups in total. The van der Waals surface area contributed by atoms with Crippen LogP contribution in [0.3, 0.4) is 0 Å². The van der Waals surface area contributed by atoms with E-state index in [1.54, 1.807) is 36.4 Å². The minimum absolute atomic E-state index is 0.0215. The lowest BCUT2D eigenvalue weighted by atomic mass is 10.1. The Morgan fingerprint density at radius 1 is 0.786 bits per heavy atom. The molecule has 4 nitrogen and oxygen atoms in total. The van der Waals surface area contributed by atoms with Crippen LogP contribution in [0.25, 0.3) is 23.1 Å². The number of carbonyl (C=O) groups is 1. The van der Waals surface area contributed by atoms with E-state index in [9.17, 15) is 9.59 Å². The van der Waals surface area contributed by atoms with Crippen LogP contribution in [0.1, 0.15) is 21.5 Å². The Kier molecular flexibility index (Phi) is 4.85. The number of rotatable bonds is 4. The van der Waals surface area contributed by atoms with E-state index in [-0.39, 0.29) is 5.56 Å². The molecule has 0 atom stereocenters. The normalized spacial score (nSPS) is 11.0. The molecule has 4 heteroatoms. The van der Waals surface area contributed by atoms with Gasteiger partial charge in [0.2, 0.25) is 0 Å². The molecular weight excluding hydrogens is 350 g/mol. The maximum absolute atomic E-state index is 12.5. The zero-order valence-electron chi connectivity index (χ0n) is 15.0. The van der Waals surface area contributed by atoms with E-state index in [2.05, 4.69) is 5.32 Å². The highest BCUT2D eigenvalue weighted by atomic mass is 16.4. The van der Waals surface area contributed by atoms with E-state index in [1.807, 2.05) is 60.7 Å². The molecule has 0 saturated heterocycles. The highest BCUT2D eigenvalue weighted by Crippen LogP contribution is 2.16. The monoisotopic (exact) mass is 367 g/mol. The molecular formula is C24H17NO3. The Hall–Kier alpha value is -3.92. The van der Waals surface area contributed by atoms with Gasteiger partial charge in [-0.25, -0.2) is 4.79 Å². The second-order valence-corrected chi connectivity index (χ2v) is 6.31. The number of amides is 1. The van der Waals surface area contributed by atoms with Gasteiger partial charge in [-0.1, -0.05) is 72.8 Å². The largest absolute Gasteiger partial charge is 0.422 e. The lowest BCUT2D eigenvalue weighted by molar-refractivity contribution is 0.102. The van der Waals surface area contributed by atoms with Gasteiger partial charge < -0.3 is 9.73 Å². The quantitative estimate of drug-likeness (QED) is 0.398. The molecule has 3 aromatic carbocycles. The van der Waals surface area contributed by atoms with Crippen molar-refractivity contribution in [3.05, 3.63) is 112 Å². The lowest BCUT2D eigenvalue weighted by Gasteiger charge is -2.06. The smallest absolute Gasteiger partial charge is 0.349 e. The first kappa shape index (κ1) is 17.5. The van der Waals surface area contributed by atoms with Gasteiger partial charge in [0.1, 0.15) is 11.1 Å². The Bertz CT molecular complexity index is 1210. The van der Waals surface area contributed by atoms with Crippen LogP contribution >= 0.6 is 0 Å². The van der Waals surface area contributed by atoms with E-state index in [0.29, 0.717) is 16.7 Å². The number of anilines is 1. The van der Waals surface area contributed by atoms with Gasteiger partial charge in [-0.2, -0.15) is 0 Å². The van der Waals surface area contributed by atoms with Gasteiger partial charge in [0.25, 0.3) is 5.91 Å². The van der Waals surface area contributed by atoms with Gasteiger partial charge in [-0.05, 0) is 35.4 Å². The van der Waals surface area contributed by atoms with Gasteiger partial charge in [0.15, 0.2) is 0 Å². The van der Waals surface area contributed by atoms with Crippen molar-refractivity contribution < 1.29 is 9.21 Å². The number of hydrogen-bond donors (Lipinski definition) is 1. The third kappa shape index (κ3) is 3.91. The van der Waals surface area contributed by atoms with Crippen LogP contribution in [0.2, 0.25) is 0 Å². The van der Waals surface area contributed by atoms with E-state index in [1.165, 1.54) is 0 Å². The Labute approximate surface area is 161 Å². The summed E-state index contributed by atoms with van der Waals surface area (Å²) in [5, 5.41) is 3.44. The van der Waals surface area contributed by atoms with Gasteiger partial charge in [0, 0.05) is 11.1 Å². The fraction of sp³-hybridized carbons (Fsp3) is 0. The molecule has 0 fully saturated rings. The first-order valence-electron chi connectivity index (χ1n) is 8.86. The molecule has 0 bridgehead atoms. The molecule has 4 aromatic rings. The molecule has 0 aliphatic carbocycles. The number of nitrogens with one attached hydrogen (secondary N) is 1. The van der Waals surface area contributed by atoms with Gasteiger partial charge in [0.05, 0.1) is 0 Å². The van der Waals surface area contributed by atoms with Crippen LogP contribution in [0.15, 0.2) is 94.1 Å². The molecule has 136 valence electrons. The van der Waals surface area contributed by atoms with Crippen molar-refractivity contribution in [3.63, 3.8) is 0 Å². The zero-order chi connectivity index (χ0) is 19.3. The number of fused-ring (bicyclic) bond motifs is 1. The maximum atomic E-state index is 12.5. The molecule has 0 radical (unpaired) electrons. The van der Waals surface area contributed by atoms with Crippen LogP contribution in [-0.4, -0.2) is 5.91 Å². The second kappa shape index (κ2) is 7.76. The summed E-state index contributed by atoms with van der Waals surface area (Å²) in [6.45, 7) is 0. The molecule has 4 rings (SSSR count). The van der Waals surface area contributed by atoms with Crippen molar-refractivity contribution >= 4 is 34.7 Å². The summed E-state index contributed by atoms with van der Waals surface area (Å²) in [7, 11) is 0. The van der Waals surface area contributed by atoms with Crippen molar-refractivity contribution in [1.82, 2.24) is 0 Å². The summed E-state index contributed by atoms with van der Waals surface area (Å²) in [4.78, 5) is 24.6. The average molecular weight is 367 g/mol. The summed E-state index contributed by atoms with van der Waals surface area (Å²) in [6, 6.07) is 26.0. The standard InChI is InChI=1S/C24H17NO3/c26-23(21-16-19-8-4-5-9-22(19)28-24(21)27)25-20-14-12-18(13-15-20)11-10-17-6-2-1-3-7-17/h1-16H,(H,25,26)/b11-10+. The molecule has 0 spiro atoms. The summed E-state index contributed by atoms with van der Waals surface area (Å²) < 4.78 is 5.22. The summed E-state index contributed by atoms with van der Waals surface area (Å²) in [5.74, 6) is -0.493. The van der Waals surface area contributed by atoms with E-state index < -0.39 is 11.5 Å². The van der Waals surface area contributed by atoms with Gasteiger partial charge in [-0.15, -0.1) is 0 Å². The number of benzene rings is 3. The van der Waals surface area contributed by atoms with Gasteiger partial charge in [-0.3, -0.25) is 4.79 Å². The maximum Gasteiger partial charge on any atom is 0.349 e. The Morgan fingerprint density at radius 2 is 1.43 bits per heavy atom. The SMILES string of the molecule is O=C(Nc1ccc(/C=C/c2ccccc2)cc1)c1cc2ccccc2oc1=O. The van der Waals surface area contributed by atoms with Crippen molar-refractivity contribution in [2.24, 2.45) is 0 Å². The summed E-state index contributed by atoms with van der Waals surface area (Å²) >= 11 is 0.